The van der Waals surface area contributed by atoms with E-state index in [9.17, 15) is 4.79 Å². The first kappa shape index (κ1) is 10.6. The summed E-state index contributed by atoms with van der Waals surface area (Å²) in [6.07, 6.45) is 2.08. The molecule has 0 fully saturated rings. The second kappa shape index (κ2) is 7.67. The zero-order chi connectivity index (χ0) is 9.23. The van der Waals surface area contributed by atoms with Crippen molar-refractivity contribution in [2.24, 2.45) is 0 Å². The average Bonchev–Trinajstić information content (AvgIpc) is 2.05. The molecule has 0 atom stereocenters. The zero-order valence-electron chi connectivity index (χ0n) is 7.22. The molecule has 0 aromatic rings. The summed E-state index contributed by atoms with van der Waals surface area (Å²) in [4.78, 5) is 10.7. The highest BCUT2D eigenvalue weighted by Gasteiger charge is 1.95. The van der Waals surface area contributed by atoms with Crippen molar-refractivity contribution >= 4 is 6.09 Å². The summed E-state index contributed by atoms with van der Waals surface area (Å²) in [6, 6.07) is 0. The molecular formula is C9H13NO2. The molecule has 0 aromatic heterocycles. The summed E-state index contributed by atoms with van der Waals surface area (Å²) in [5, 5.41) is 2.56. The number of nitrogens with one attached hydrogen (secondary N) is 1. The van der Waals surface area contributed by atoms with Gasteiger partial charge in [0.1, 0.15) is 0 Å². The van der Waals surface area contributed by atoms with Gasteiger partial charge in [-0.25, -0.2) is 4.79 Å². The molecule has 0 heterocycles. The van der Waals surface area contributed by atoms with Gasteiger partial charge in [0.25, 0.3) is 0 Å². The Labute approximate surface area is 72.4 Å². The van der Waals surface area contributed by atoms with E-state index in [1.54, 1.807) is 13.0 Å². The predicted octanol–water partition coefficient (Wildman–Crippen LogP) is 1.62. The summed E-state index contributed by atoms with van der Waals surface area (Å²) in [7, 11) is 0. The van der Waals surface area contributed by atoms with Crippen molar-refractivity contribution in [3.63, 3.8) is 0 Å². The number of carbonyl (C=O) groups is 1. The number of amides is 1. The van der Waals surface area contributed by atoms with Gasteiger partial charge in [-0.2, -0.15) is 0 Å². The summed E-state index contributed by atoms with van der Waals surface area (Å²) in [5.74, 6) is 0. The minimum absolute atomic E-state index is 0.381. The first-order chi connectivity index (χ1) is 5.81. The minimum Gasteiger partial charge on any atom is -0.450 e. The van der Waals surface area contributed by atoms with Gasteiger partial charge in [-0.3, -0.25) is 0 Å². The van der Waals surface area contributed by atoms with Crippen molar-refractivity contribution < 1.29 is 9.53 Å². The molecule has 66 valence electrons. The largest absolute Gasteiger partial charge is 0.450 e. The van der Waals surface area contributed by atoms with Crippen molar-refractivity contribution in [3.8, 4) is 0 Å². The lowest BCUT2D eigenvalue weighted by atomic mass is 10.4. The van der Waals surface area contributed by atoms with Crippen LogP contribution >= 0.6 is 0 Å². The molecular weight excluding hydrogens is 154 g/mol. The molecule has 0 radical (unpaired) electrons. The third kappa shape index (κ3) is 6.69. The van der Waals surface area contributed by atoms with Crippen LogP contribution in [-0.2, 0) is 4.74 Å². The lowest BCUT2D eigenvalue weighted by molar-refractivity contribution is 0.152. The van der Waals surface area contributed by atoms with E-state index < -0.39 is 0 Å². The Morgan fingerprint density at radius 2 is 2.50 bits per heavy atom. The fourth-order valence-corrected chi connectivity index (χ4v) is 0.573. The molecule has 0 bridgehead atoms. The van der Waals surface area contributed by atoms with Gasteiger partial charge in [0, 0.05) is 6.54 Å². The Kier molecular flexibility index (Phi) is 6.76. The van der Waals surface area contributed by atoms with Crippen molar-refractivity contribution in [2.45, 2.75) is 13.3 Å². The van der Waals surface area contributed by atoms with Crippen LogP contribution in [0.5, 0.6) is 0 Å². The van der Waals surface area contributed by atoms with Crippen LogP contribution in [0.4, 0.5) is 4.79 Å². The van der Waals surface area contributed by atoms with Crippen LogP contribution in [0.25, 0.3) is 0 Å². The highest BCUT2D eigenvalue weighted by Crippen LogP contribution is 1.80. The monoisotopic (exact) mass is 167 g/mol. The summed E-state index contributed by atoms with van der Waals surface area (Å²) >= 11 is 0. The SMILES string of the molecule is C=C=C=CCCNC(=O)OCC. The zero-order valence-corrected chi connectivity index (χ0v) is 7.22. The molecule has 0 aromatic carbocycles. The van der Waals surface area contributed by atoms with Crippen molar-refractivity contribution in [3.05, 3.63) is 24.1 Å². The minimum atomic E-state index is -0.381. The van der Waals surface area contributed by atoms with E-state index in [0.29, 0.717) is 19.6 Å². The Morgan fingerprint density at radius 1 is 1.75 bits per heavy atom. The van der Waals surface area contributed by atoms with Crippen LogP contribution in [0.3, 0.4) is 0 Å². The lowest BCUT2D eigenvalue weighted by Crippen LogP contribution is -2.24. The van der Waals surface area contributed by atoms with Crippen molar-refractivity contribution in [1.29, 1.82) is 0 Å². The van der Waals surface area contributed by atoms with Crippen LogP contribution < -0.4 is 5.32 Å². The Morgan fingerprint density at radius 3 is 3.08 bits per heavy atom. The maximum Gasteiger partial charge on any atom is 0.407 e. The van der Waals surface area contributed by atoms with E-state index in [-0.39, 0.29) is 6.09 Å². The highest BCUT2D eigenvalue weighted by molar-refractivity contribution is 5.66. The van der Waals surface area contributed by atoms with Crippen LogP contribution in [0.2, 0.25) is 0 Å². The Hall–Kier alpha value is -1.43. The van der Waals surface area contributed by atoms with Crippen LogP contribution in [-0.4, -0.2) is 19.2 Å². The van der Waals surface area contributed by atoms with Crippen molar-refractivity contribution in [1.82, 2.24) is 5.32 Å². The molecule has 3 heteroatoms. The van der Waals surface area contributed by atoms with E-state index in [0.717, 1.165) is 0 Å². The number of rotatable bonds is 4. The van der Waals surface area contributed by atoms with Gasteiger partial charge in [-0.1, -0.05) is 11.5 Å². The molecule has 0 rings (SSSR count). The molecule has 1 amide bonds. The fraction of sp³-hybridized carbons (Fsp3) is 0.444. The number of alkyl carbamates (subject to hydrolysis) is 1. The van der Waals surface area contributed by atoms with Gasteiger partial charge < -0.3 is 10.1 Å². The maximum atomic E-state index is 10.7. The van der Waals surface area contributed by atoms with Crippen LogP contribution in [0, 0.1) is 0 Å². The first-order valence-electron chi connectivity index (χ1n) is 3.81. The Balaban J connectivity index is 3.37. The maximum absolute atomic E-state index is 10.7. The molecule has 0 aliphatic heterocycles. The van der Waals surface area contributed by atoms with Crippen LogP contribution in [0.1, 0.15) is 13.3 Å². The van der Waals surface area contributed by atoms with E-state index in [1.807, 2.05) is 0 Å². The molecule has 1 N–H and O–H groups in total. The van der Waals surface area contributed by atoms with Gasteiger partial charge >= 0.3 is 6.09 Å². The molecule has 0 spiro atoms. The molecule has 0 aliphatic carbocycles. The van der Waals surface area contributed by atoms with Gasteiger partial charge in [0.2, 0.25) is 0 Å². The molecule has 3 nitrogen and oxygen atoms in total. The fourth-order valence-electron chi connectivity index (χ4n) is 0.573. The van der Waals surface area contributed by atoms with Crippen molar-refractivity contribution in [2.75, 3.05) is 13.2 Å². The van der Waals surface area contributed by atoms with Gasteiger partial charge in [0.05, 0.1) is 6.61 Å². The first-order valence-corrected chi connectivity index (χ1v) is 3.81. The second-order valence-electron chi connectivity index (χ2n) is 1.96. The highest BCUT2D eigenvalue weighted by atomic mass is 16.5. The smallest absolute Gasteiger partial charge is 0.407 e. The molecule has 0 aliphatic rings. The van der Waals surface area contributed by atoms with E-state index in [1.165, 1.54) is 0 Å². The van der Waals surface area contributed by atoms with E-state index in [4.69, 9.17) is 0 Å². The topological polar surface area (TPSA) is 38.3 Å². The number of carbonyl (C=O) groups excluding carboxylic acids is 1. The molecule has 12 heavy (non-hydrogen) atoms. The normalized spacial score (nSPS) is 7.75. The molecule has 0 saturated carbocycles. The molecule has 0 unspecified atom stereocenters. The lowest BCUT2D eigenvalue weighted by Gasteiger charge is -2.01. The third-order valence-electron chi connectivity index (χ3n) is 1.04. The number of hydrogen-bond donors (Lipinski definition) is 1. The summed E-state index contributed by atoms with van der Waals surface area (Å²) < 4.78 is 4.64. The van der Waals surface area contributed by atoms with Gasteiger partial charge in [-0.05, 0) is 26.0 Å². The molecule has 0 saturated heterocycles. The van der Waals surface area contributed by atoms with Gasteiger partial charge in [0.15, 0.2) is 0 Å². The van der Waals surface area contributed by atoms with E-state index in [2.05, 4.69) is 28.1 Å². The summed E-state index contributed by atoms with van der Waals surface area (Å²) in [6.45, 7) is 6.05. The Bertz CT molecular complexity index is 211. The second-order valence-corrected chi connectivity index (χ2v) is 1.96. The quantitative estimate of drug-likeness (QED) is 0.510. The number of ether oxygens (including phenoxy) is 1. The summed E-state index contributed by atoms with van der Waals surface area (Å²) in [5.41, 5.74) is 5.16. The standard InChI is InChI=1S/C9H13NO2/c1-3-5-6-7-8-10-9(11)12-4-2/h6H,1,4,7-8H2,2H3,(H,10,11). The average molecular weight is 167 g/mol. The third-order valence-corrected chi connectivity index (χ3v) is 1.04. The number of hydrogen-bond acceptors (Lipinski definition) is 2. The van der Waals surface area contributed by atoms with Gasteiger partial charge in [-0.15, -0.1) is 0 Å². The van der Waals surface area contributed by atoms with Crippen LogP contribution in [0.15, 0.2) is 24.1 Å². The van der Waals surface area contributed by atoms with E-state index >= 15 is 0 Å². The predicted molar refractivity (Wildman–Crippen MR) is 46.9 cm³/mol.